The average molecular weight is 262 g/mol. The van der Waals surface area contributed by atoms with Gasteiger partial charge in [0.2, 0.25) is 5.91 Å². The molecule has 0 bridgehead atoms. The van der Waals surface area contributed by atoms with E-state index in [1.54, 1.807) is 0 Å². The summed E-state index contributed by atoms with van der Waals surface area (Å²) >= 11 is 0. The first-order chi connectivity index (χ1) is 9.19. The maximum Gasteiger partial charge on any atom is 0.237 e. The van der Waals surface area contributed by atoms with Gasteiger partial charge in [-0.3, -0.25) is 4.79 Å². The fourth-order valence-electron chi connectivity index (χ4n) is 1.96. The second-order valence-electron chi connectivity index (χ2n) is 4.94. The van der Waals surface area contributed by atoms with Gasteiger partial charge in [0.05, 0.1) is 6.54 Å². The van der Waals surface area contributed by atoms with Crippen molar-refractivity contribution in [1.82, 2.24) is 10.2 Å². The molecule has 19 heavy (non-hydrogen) atoms. The highest BCUT2D eigenvalue weighted by molar-refractivity contribution is 5.78. The normalized spacial score (nSPS) is 12.2. The minimum Gasteiger partial charge on any atom is -0.335 e. The molecule has 0 aromatic heterocycles. The zero-order chi connectivity index (χ0) is 14.1. The van der Waals surface area contributed by atoms with Gasteiger partial charge in [-0.15, -0.1) is 0 Å². The van der Waals surface area contributed by atoms with Crippen molar-refractivity contribution in [3.63, 3.8) is 0 Å². The van der Waals surface area contributed by atoms with E-state index in [9.17, 15) is 4.79 Å². The Morgan fingerprint density at radius 3 is 2.53 bits per heavy atom. The quantitative estimate of drug-likeness (QED) is 0.731. The standard InChI is InChI=1S/C16H26N2O/c1-4-11-17-12-16(19)18(14(3)5-2)13-15-9-7-6-8-10-15/h6-10,14,17H,4-5,11-13H2,1-3H3. The fraction of sp³-hybridized carbons (Fsp3) is 0.562. The number of rotatable bonds is 8. The molecule has 1 aromatic carbocycles. The van der Waals surface area contributed by atoms with Crippen LogP contribution < -0.4 is 5.32 Å². The molecule has 3 nitrogen and oxygen atoms in total. The van der Waals surface area contributed by atoms with Crippen molar-refractivity contribution in [3.05, 3.63) is 35.9 Å². The maximum absolute atomic E-state index is 12.3. The van der Waals surface area contributed by atoms with E-state index < -0.39 is 0 Å². The SMILES string of the molecule is CCCNCC(=O)N(Cc1ccccc1)C(C)CC. The van der Waals surface area contributed by atoms with E-state index in [0.29, 0.717) is 13.1 Å². The molecule has 1 amide bonds. The Labute approximate surface area is 117 Å². The van der Waals surface area contributed by atoms with Gasteiger partial charge in [0.25, 0.3) is 0 Å². The minimum absolute atomic E-state index is 0.187. The van der Waals surface area contributed by atoms with Gasteiger partial charge in [-0.05, 0) is 31.9 Å². The van der Waals surface area contributed by atoms with E-state index in [1.165, 1.54) is 5.56 Å². The van der Waals surface area contributed by atoms with E-state index in [1.807, 2.05) is 23.1 Å². The summed E-state index contributed by atoms with van der Waals surface area (Å²) in [7, 11) is 0. The van der Waals surface area contributed by atoms with Crippen LogP contribution in [0.4, 0.5) is 0 Å². The Morgan fingerprint density at radius 2 is 1.95 bits per heavy atom. The van der Waals surface area contributed by atoms with E-state index in [4.69, 9.17) is 0 Å². The number of carbonyl (C=O) groups excluding carboxylic acids is 1. The van der Waals surface area contributed by atoms with Crippen molar-refractivity contribution in [2.24, 2.45) is 0 Å². The maximum atomic E-state index is 12.3. The van der Waals surface area contributed by atoms with E-state index in [2.05, 4.69) is 38.2 Å². The van der Waals surface area contributed by atoms with Gasteiger partial charge >= 0.3 is 0 Å². The molecule has 3 heteroatoms. The number of nitrogens with zero attached hydrogens (tertiary/aromatic N) is 1. The summed E-state index contributed by atoms with van der Waals surface area (Å²) in [5.41, 5.74) is 1.19. The van der Waals surface area contributed by atoms with Gasteiger partial charge in [0.15, 0.2) is 0 Å². The van der Waals surface area contributed by atoms with Gasteiger partial charge < -0.3 is 10.2 Å². The van der Waals surface area contributed by atoms with Gasteiger partial charge in [0, 0.05) is 12.6 Å². The molecular formula is C16H26N2O. The monoisotopic (exact) mass is 262 g/mol. The lowest BCUT2D eigenvalue weighted by Gasteiger charge is -2.29. The first-order valence-electron chi connectivity index (χ1n) is 7.23. The van der Waals surface area contributed by atoms with Crippen LogP contribution in [-0.4, -0.2) is 29.9 Å². The Hall–Kier alpha value is -1.35. The molecule has 0 spiro atoms. The molecule has 1 unspecified atom stereocenters. The lowest BCUT2D eigenvalue weighted by molar-refractivity contribution is -0.133. The van der Waals surface area contributed by atoms with E-state index in [-0.39, 0.29) is 11.9 Å². The summed E-state index contributed by atoms with van der Waals surface area (Å²) in [6.45, 7) is 8.36. The number of nitrogens with one attached hydrogen (secondary N) is 1. The molecule has 0 aliphatic rings. The molecule has 0 aliphatic carbocycles. The van der Waals surface area contributed by atoms with Crippen molar-refractivity contribution in [3.8, 4) is 0 Å². The lowest BCUT2D eigenvalue weighted by Crippen LogP contribution is -2.42. The van der Waals surface area contributed by atoms with Crippen LogP contribution >= 0.6 is 0 Å². The third-order valence-corrected chi connectivity index (χ3v) is 3.34. The highest BCUT2D eigenvalue weighted by Crippen LogP contribution is 2.10. The predicted octanol–water partition coefficient (Wildman–Crippen LogP) is 2.81. The molecule has 0 radical (unpaired) electrons. The molecule has 0 saturated heterocycles. The van der Waals surface area contributed by atoms with Gasteiger partial charge in [-0.25, -0.2) is 0 Å². The van der Waals surface area contributed by atoms with E-state index in [0.717, 1.165) is 19.4 Å². The fourth-order valence-corrected chi connectivity index (χ4v) is 1.96. The van der Waals surface area contributed by atoms with Gasteiger partial charge in [-0.2, -0.15) is 0 Å². The summed E-state index contributed by atoms with van der Waals surface area (Å²) < 4.78 is 0. The molecule has 0 aliphatic heterocycles. The van der Waals surface area contributed by atoms with Crippen LogP contribution in [0, 0.1) is 0 Å². The topological polar surface area (TPSA) is 32.3 Å². The third-order valence-electron chi connectivity index (χ3n) is 3.34. The number of amides is 1. The highest BCUT2D eigenvalue weighted by atomic mass is 16.2. The van der Waals surface area contributed by atoms with Gasteiger partial charge in [0.1, 0.15) is 0 Å². The van der Waals surface area contributed by atoms with Crippen LogP contribution in [-0.2, 0) is 11.3 Å². The Kier molecular flexibility index (Phi) is 7.19. The summed E-state index contributed by atoms with van der Waals surface area (Å²) in [4.78, 5) is 14.3. The van der Waals surface area contributed by atoms with Crippen LogP contribution in [0.5, 0.6) is 0 Å². The minimum atomic E-state index is 0.187. The number of carbonyl (C=O) groups is 1. The second kappa shape index (κ2) is 8.70. The second-order valence-corrected chi connectivity index (χ2v) is 4.94. The number of benzene rings is 1. The first kappa shape index (κ1) is 15.7. The molecule has 0 saturated carbocycles. The van der Waals surface area contributed by atoms with Crippen LogP contribution in [0.3, 0.4) is 0 Å². The van der Waals surface area contributed by atoms with E-state index >= 15 is 0 Å². The van der Waals surface area contributed by atoms with Crippen LogP contribution in [0.1, 0.15) is 39.2 Å². The molecule has 1 atom stereocenters. The molecule has 1 rings (SSSR count). The zero-order valence-electron chi connectivity index (χ0n) is 12.4. The zero-order valence-corrected chi connectivity index (χ0v) is 12.4. The lowest BCUT2D eigenvalue weighted by atomic mass is 10.1. The van der Waals surface area contributed by atoms with Crippen LogP contribution in [0.2, 0.25) is 0 Å². The smallest absolute Gasteiger partial charge is 0.237 e. The van der Waals surface area contributed by atoms with Crippen molar-refractivity contribution < 1.29 is 4.79 Å². The molecule has 106 valence electrons. The van der Waals surface area contributed by atoms with Crippen molar-refractivity contribution in [2.45, 2.75) is 46.2 Å². The van der Waals surface area contributed by atoms with Crippen molar-refractivity contribution in [1.29, 1.82) is 0 Å². The Balaban J connectivity index is 2.64. The molecular weight excluding hydrogens is 236 g/mol. The van der Waals surface area contributed by atoms with Crippen molar-refractivity contribution >= 4 is 5.91 Å². The third kappa shape index (κ3) is 5.43. The van der Waals surface area contributed by atoms with Crippen LogP contribution in [0.15, 0.2) is 30.3 Å². The van der Waals surface area contributed by atoms with Gasteiger partial charge in [-0.1, -0.05) is 44.2 Å². The highest BCUT2D eigenvalue weighted by Gasteiger charge is 2.18. The molecule has 0 heterocycles. The summed E-state index contributed by atoms with van der Waals surface area (Å²) in [6.07, 6.45) is 2.03. The Bertz CT molecular complexity index is 364. The van der Waals surface area contributed by atoms with Crippen LogP contribution in [0.25, 0.3) is 0 Å². The number of hydrogen-bond acceptors (Lipinski definition) is 2. The first-order valence-corrected chi connectivity index (χ1v) is 7.23. The summed E-state index contributed by atoms with van der Waals surface area (Å²) in [6, 6.07) is 10.5. The number of hydrogen-bond donors (Lipinski definition) is 1. The summed E-state index contributed by atoms with van der Waals surface area (Å²) in [5.74, 6) is 0.187. The molecule has 0 fully saturated rings. The summed E-state index contributed by atoms with van der Waals surface area (Å²) in [5, 5.41) is 3.19. The molecule has 1 aromatic rings. The predicted molar refractivity (Wildman–Crippen MR) is 79.9 cm³/mol. The molecule has 1 N–H and O–H groups in total. The largest absolute Gasteiger partial charge is 0.335 e. The average Bonchev–Trinajstić information content (AvgIpc) is 2.45. The van der Waals surface area contributed by atoms with Crippen molar-refractivity contribution in [2.75, 3.05) is 13.1 Å². The Morgan fingerprint density at radius 1 is 1.26 bits per heavy atom.